The summed E-state index contributed by atoms with van der Waals surface area (Å²) in [4.78, 5) is 13.9. The van der Waals surface area contributed by atoms with Gasteiger partial charge in [0.1, 0.15) is 5.75 Å². The second kappa shape index (κ2) is 6.60. The van der Waals surface area contributed by atoms with Crippen molar-refractivity contribution in [3.8, 4) is 5.75 Å². The molecule has 3 nitrogen and oxygen atoms in total. The summed E-state index contributed by atoms with van der Waals surface area (Å²) in [5.41, 5.74) is 0. The molecule has 0 saturated carbocycles. The topological polar surface area (TPSA) is 29.5 Å². The molecule has 0 radical (unpaired) electrons. The first-order valence-corrected chi connectivity index (χ1v) is 7.13. The lowest BCUT2D eigenvalue weighted by Gasteiger charge is -2.18. The molecule has 1 fully saturated rings. The summed E-state index contributed by atoms with van der Waals surface area (Å²) >= 11 is 0. The molecule has 1 aliphatic heterocycles. The zero-order valence-electron chi connectivity index (χ0n) is 11.8. The number of rotatable bonds is 5. The average Bonchev–Trinajstić information content (AvgIpc) is 2.88. The molecule has 0 aliphatic carbocycles. The van der Waals surface area contributed by atoms with Gasteiger partial charge in [-0.3, -0.25) is 4.79 Å². The van der Waals surface area contributed by atoms with E-state index in [1.165, 1.54) is 0 Å². The van der Waals surface area contributed by atoms with Crippen LogP contribution in [0, 0.1) is 11.8 Å². The number of para-hydroxylation sites is 1. The Morgan fingerprint density at radius 2 is 2.11 bits per heavy atom. The van der Waals surface area contributed by atoms with Crippen molar-refractivity contribution in [1.29, 1.82) is 0 Å². The van der Waals surface area contributed by atoms with Crippen molar-refractivity contribution in [3.63, 3.8) is 0 Å². The molecule has 1 aliphatic rings. The molecule has 104 valence electrons. The SMILES string of the molecule is CC(C)C(=O)N1CCC(CCOc2ccccc2)C1. The van der Waals surface area contributed by atoms with Crippen molar-refractivity contribution in [2.75, 3.05) is 19.7 Å². The number of likely N-dealkylation sites (tertiary alicyclic amines) is 1. The third-order valence-electron chi connectivity index (χ3n) is 3.63. The smallest absolute Gasteiger partial charge is 0.225 e. The van der Waals surface area contributed by atoms with Gasteiger partial charge >= 0.3 is 0 Å². The highest BCUT2D eigenvalue weighted by Crippen LogP contribution is 2.21. The normalized spacial score (nSPS) is 18.9. The van der Waals surface area contributed by atoms with Crippen molar-refractivity contribution in [3.05, 3.63) is 30.3 Å². The molecule has 1 amide bonds. The molecule has 1 heterocycles. The van der Waals surface area contributed by atoms with E-state index in [-0.39, 0.29) is 11.8 Å². The highest BCUT2D eigenvalue weighted by Gasteiger charge is 2.27. The monoisotopic (exact) mass is 261 g/mol. The lowest BCUT2D eigenvalue weighted by molar-refractivity contribution is -0.133. The predicted molar refractivity (Wildman–Crippen MR) is 76.1 cm³/mol. The van der Waals surface area contributed by atoms with Gasteiger partial charge in [-0.05, 0) is 30.9 Å². The minimum Gasteiger partial charge on any atom is -0.494 e. The van der Waals surface area contributed by atoms with E-state index >= 15 is 0 Å². The number of hydrogen-bond donors (Lipinski definition) is 0. The van der Waals surface area contributed by atoms with Gasteiger partial charge in [-0.1, -0.05) is 32.0 Å². The number of amides is 1. The molecule has 1 unspecified atom stereocenters. The van der Waals surface area contributed by atoms with Crippen molar-refractivity contribution in [2.24, 2.45) is 11.8 Å². The van der Waals surface area contributed by atoms with Crippen molar-refractivity contribution in [1.82, 2.24) is 4.90 Å². The molecule has 1 saturated heterocycles. The maximum absolute atomic E-state index is 11.9. The third kappa shape index (κ3) is 3.98. The summed E-state index contributed by atoms with van der Waals surface area (Å²) in [5.74, 6) is 1.91. The summed E-state index contributed by atoms with van der Waals surface area (Å²) in [5, 5.41) is 0. The number of carbonyl (C=O) groups is 1. The molecule has 1 aromatic rings. The highest BCUT2D eigenvalue weighted by atomic mass is 16.5. The van der Waals surface area contributed by atoms with Crippen molar-refractivity contribution in [2.45, 2.75) is 26.7 Å². The summed E-state index contributed by atoms with van der Waals surface area (Å²) < 4.78 is 5.71. The van der Waals surface area contributed by atoms with Crippen LogP contribution in [0.1, 0.15) is 26.7 Å². The molecule has 0 spiro atoms. The van der Waals surface area contributed by atoms with Crippen LogP contribution in [0.5, 0.6) is 5.75 Å². The average molecular weight is 261 g/mol. The van der Waals surface area contributed by atoms with Gasteiger partial charge in [0.25, 0.3) is 0 Å². The van der Waals surface area contributed by atoms with Crippen molar-refractivity contribution >= 4 is 5.91 Å². The Kier molecular flexibility index (Phi) is 4.83. The van der Waals surface area contributed by atoms with Gasteiger partial charge in [-0.25, -0.2) is 0 Å². The standard InChI is InChI=1S/C16H23NO2/c1-13(2)16(18)17-10-8-14(12-17)9-11-19-15-6-4-3-5-7-15/h3-7,13-14H,8-12H2,1-2H3. The molecule has 0 N–H and O–H groups in total. The number of hydrogen-bond acceptors (Lipinski definition) is 2. The summed E-state index contributed by atoms with van der Waals surface area (Å²) in [6.07, 6.45) is 2.13. The van der Waals surface area contributed by atoms with Crippen LogP contribution in [-0.4, -0.2) is 30.5 Å². The van der Waals surface area contributed by atoms with Crippen LogP contribution in [-0.2, 0) is 4.79 Å². The Labute approximate surface area is 115 Å². The van der Waals surface area contributed by atoms with E-state index in [0.717, 1.165) is 38.3 Å². The van der Waals surface area contributed by atoms with Crippen LogP contribution < -0.4 is 4.74 Å². The molecular weight excluding hydrogens is 238 g/mol. The maximum atomic E-state index is 11.9. The Hall–Kier alpha value is -1.51. The molecule has 2 rings (SSSR count). The lowest BCUT2D eigenvalue weighted by atomic mass is 10.1. The first kappa shape index (κ1) is 13.9. The van der Waals surface area contributed by atoms with E-state index in [4.69, 9.17) is 4.74 Å². The fourth-order valence-electron chi connectivity index (χ4n) is 2.49. The quantitative estimate of drug-likeness (QED) is 0.815. The number of ether oxygens (including phenoxy) is 1. The van der Waals surface area contributed by atoms with E-state index in [0.29, 0.717) is 5.92 Å². The second-order valence-electron chi connectivity index (χ2n) is 5.54. The van der Waals surface area contributed by atoms with Crippen LogP contribution in [0.3, 0.4) is 0 Å². The highest BCUT2D eigenvalue weighted by molar-refractivity contribution is 5.78. The van der Waals surface area contributed by atoms with Gasteiger partial charge in [0, 0.05) is 19.0 Å². The molecule has 3 heteroatoms. The van der Waals surface area contributed by atoms with Crippen LogP contribution in [0.2, 0.25) is 0 Å². The first-order chi connectivity index (χ1) is 9.16. The Morgan fingerprint density at radius 3 is 2.79 bits per heavy atom. The van der Waals surface area contributed by atoms with E-state index < -0.39 is 0 Å². The lowest BCUT2D eigenvalue weighted by Crippen LogP contribution is -2.32. The zero-order chi connectivity index (χ0) is 13.7. The van der Waals surface area contributed by atoms with E-state index in [2.05, 4.69) is 0 Å². The Balaban J connectivity index is 1.70. The van der Waals surface area contributed by atoms with E-state index in [1.54, 1.807) is 0 Å². The summed E-state index contributed by atoms with van der Waals surface area (Å²) in [7, 11) is 0. The van der Waals surface area contributed by atoms with E-state index in [9.17, 15) is 4.79 Å². The molecular formula is C16H23NO2. The number of benzene rings is 1. The third-order valence-corrected chi connectivity index (χ3v) is 3.63. The van der Waals surface area contributed by atoms with Gasteiger partial charge < -0.3 is 9.64 Å². The molecule has 1 atom stereocenters. The van der Waals surface area contributed by atoms with Gasteiger partial charge in [-0.2, -0.15) is 0 Å². The first-order valence-electron chi connectivity index (χ1n) is 7.13. The minimum atomic E-state index is 0.110. The van der Waals surface area contributed by atoms with Crippen LogP contribution in [0.25, 0.3) is 0 Å². The fraction of sp³-hybridized carbons (Fsp3) is 0.562. The summed E-state index contributed by atoms with van der Waals surface area (Å²) in [6, 6.07) is 9.90. The molecule has 0 bridgehead atoms. The fourth-order valence-corrected chi connectivity index (χ4v) is 2.49. The number of nitrogens with zero attached hydrogens (tertiary/aromatic N) is 1. The van der Waals surface area contributed by atoms with E-state index in [1.807, 2.05) is 49.1 Å². The largest absolute Gasteiger partial charge is 0.494 e. The van der Waals surface area contributed by atoms with Crippen molar-refractivity contribution < 1.29 is 9.53 Å². The van der Waals surface area contributed by atoms with Gasteiger partial charge in [0.15, 0.2) is 0 Å². The van der Waals surface area contributed by atoms with Crippen LogP contribution in [0.4, 0.5) is 0 Å². The Bertz CT molecular complexity index is 402. The van der Waals surface area contributed by atoms with Crippen LogP contribution in [0.15, 0.2) is 30.3 Å². The van der Waals surface area contributed by atoms with Crippen LogP contribution >= 0.6 is 0 Å². The molecule has 1 aromatic carbocycles. The predicted octanol–water partition coefficient (Wildman–Crippen LogP) is 2.96. The van der Waals surface area contributed by atoms with Gasteiger partial charge in [-0.15, -0.1) is 0 Å². The minimum absolute atomic E-state index is 0.110. The van der Waals surface area contributed by atoms with Gasteiger partial charge in [0.2, 0.25) is 5.91 Å². The number of carbonyl (C=O) groups excluding carboxylic acids is 1. The maximum Gasteiger partial charge on any atom is 0.225 e. The molecule has 0 aromatic heterocycles. The zero-order valence-corrected chi connectivity index (χ0v) is 11.8. The molecule has 19 heavy (non-hydrogen) atoms. The Morgan fingerprint density at radius 1 is 1.37 bits per heavy atom. The van der Waals surface area contributed by atoms with Gasteiger partial charge in [0.05, 0.1) is 6.61 Å². The summed E-state index contributed by atoms with van der Waals surface area (Å²) in [6.45, 7) is 6.48. The second-order valence-corrected chi connectivity index (χ2v) is 5.54.